The van der Waals surface area contributed by atoms with E-state index in [1.165, 1.54) is 12.1 Å². The van der Waals surface area contributed by atoms with Crippen LogP contribution in [0, 0.1) is 0 Å². The second kappa shape index (κ2) is 7.05. The number of aliphatic carboxylic acids is 1. The van der Waals surface area contributed by atoms with Gasteiger partial charge in [-0.2, -0.15) is 0 Å². The summed E-state index contributed by atoms with van der Waals surface area (Å²) >= 11 is 11.5. The van der Waals surface area contributed by atoms with Gasteiger partial charge in [-0.1, -0.05) is 23.2 Å². The summed E-state index contributed by atoms with van der Waals surface area (Å²) in [5.41, 5.74) is 1.90. The predicted molar refractivity (Wildman–Crippen MR) is 63.7 cm³/mol. The lowest BCUT2D eigenvalue weighted by molar-refractivity contribution is -0.149. The molecule has 6 nitrogen and oxygen atoms in total. The molecule has 1 aromatic carbocycles. The molecule has 0 aromatic heterocycles. The van der Waals surface area contributed by atoms with Crippen LogP contribution in [0.25, 0.3) is 0 Å². The van der Waals surface area contributed by atoms with Gasteiger partial charge in [0.2, 0.25) is 0 Å². The molecule has 1 rings (SSSR count). The van der Waals surface area contributed by atoms with Gasteiger partial charge in [0.25, 0.3) is 5.91 Å². The van der Waals surface area contributed by atoms with Gasteiger partial charge in [0.15, 0.2) is 13.2 Å². The highest BCUT2D eigenvalue weighted by molar-refractivity contribution is 6.35. The Bertz CT molecular complexity index is 452. The first-order valence-electron chi connectivity index (χ1n) is 4.69. The fourth-order valence-corrected chi connectivity index (χ4v) is 1.41. The molecule has 98 valence electrons. The Hall–Kier alpha value is -1.50. The summed E-state index contributed by atoms with van der Waals surface area (Å²) < 4.78 is 5.08. The minimum Gasteiger partial charge on any atom is -0.482 e. The van der Waals surface area contributed by atoms with E-state index in [1.807, 2.05) is 5.48 Å². The number of nitrogens with one attached hydrogen (secondary N) is 1. The molecule has 0 saturated carbocycles. The summed E-state index contributed by atoms with van der Waals surface area (Å²) in [5, 5.41) is 8.97. The largest absolute Gasteiger partial charge is 0.482 e. The molecular formula is C10H9Cl2NO5. The Kier molecular flexibility index (Phi) is 5.70. The number of benzene rings is 1. The highest BCUT2D eigenvalue weighted by Crippen LogP contribution is 2.27. The number of carbonyl (C=O) groups is 2. The number of amides is 1. The molecular weight excluding hydrogens is 285 g/mol. The standard InChI is InChI=1S/C10H9Cl2NO5/c11-6-1-2-8(7(12)3-6)17-4-9(14)13-18-5-10(15)16/h1-3H,4-5H2,(H,13,14)(H,15,16). The molecule has 0 aliphatic rings. The average Bonchev–Trinajstić information content (AvgIpc) is 2.27. The SMILES string of the molecule is O=C(O)CONC(=O)COc1ccc(Cl)cc1Cl. The molecule has 0 radical (unpaired) electrons. The van der Waals surface area contributed by atoms with E-state index in [2.05, 4.69) is 4.84 Å². The smallest absolute Gasteiger partial charge is 0.332 e. The Morgan fingerprint density at radius 1 is 1.28 bits per heavy atom. The Morgan fingerprint density at radius 2 is 2.00 bits per heavy atom. The van der Waals surface area contributed by atoms with Crippen molar-refractivity contribution < 1.29 is 24.3 Å². The molecule has 18 heavy (non-hydrogen) atoms. The lowest BCUT2D eigenvalue weighted by Gasteiger charge is -2.08. The number of rotatable bonds is 6. The minimum atomic E-state index is -1.20. The maximum absolute atomic E-state index is 11.2. The van der Waals surface area contributed by atoms with E-state index in [4.69, 9.17) is 33.0 Å². The third-order valence-corrected chi connectivity index (χ3v) is 2.16. The van der Waals surface area contributed by atoms with Crippen molar-refractivity contribution in [2.75, 3.05) is 13.2 Å². The zero-order valence-corrected chi connectivity index (χ0v) is 10.5. The van der Waals surface area contributed by atoms with Crippen molar-refractivity contribution in [2.45, 2.75) is 0 Å². The molecule has 0 aliphatic carbocycles. The number of carboxylic acid groups (broad SMARTS) is 1. The van der Waals surface area contributed by atoms with Gasteiger partial charge >= 0.3 is 5.97 Å². The number of ether oxygens (including phenoxy) is 1. The van der Waals surface area contributed by atoms with E-state index >= 15 is 0 Å². The van der Waals surface area contributed by atoms with Crippen LogP contribution in [0.2, 0.25) is 10.0 Å². The second-order valence-corrected chi connectivity index (χ2v) is 3.91. The summed E-state index contributed by atoms with van der Waals surface area (Å²) in [6.07, 6.45) is 0. The average molecular weight is 294 g/mol. The van der Waals surface area contributed by atoms with Crippen molar-refractivity contribution in [3.05, 3.63) is 28.2 Å². The van der Waals surface area contributed by atoms with Crippen molar-refractivity contribution >= 4 is 35.1 Å². The summed E-state index contributed by atoms with van der Waals surface area (Å²) in [5.74, 6) is -1.55. The normalized spacial score (nSPS) is 9.89. The molecule has 0 fully saturated rings. The molecule has 0 aliphatic heterocycles. The monoisotopic (exact) mass is 293 g/mol. The predicted octanol–water partition coefficient (Wildman–Crippen LogP) is 1.50. The van der Waals surface area contributed by atoms with E-state index < -0.39 is 18.5 Å². The van der Waals surface area contributed by atoms with Crippen molar-refractivity contribution in [1.29, 1.82) is 0 Å². The van der Waals surface area contributed by atoms with Crippen LogP contribution < -0.4 is 10.2 Å². The van der Waals surface area contributed by atoms with Crippen LogP contribution in [0.5, 0.6) is 5.75 Å². The molecule has 2 N–H and O–H groups in total. The van der Waals surface area contributed by atoms with Crippen molar-refractivity contribution in [3.63, 3.8) is 0 Å². The van der Waals surface area contributed by atoms with Crippen LogP contribution in [0.3, 0.4) is 0 Å². The molecule has 0 atom stereocenters. The molecule has 0 heterocycles. The highest BCUT2D eigenvalue weighted by Gasteiger charge is 2.07. The van der Waals surface area contributed by atoms with Gasteiger partial charge in [-0.25, -0.2) is 10.3 Å². The first-order chi connectivity index (χ1) is 8.49. The number of halogens is 2. The first kappa shape index (κ1) is 14.6. The van der Waals surface area contributed by atoms with Crippen molar-refractivity contribution in [2.24, 2.45) is 0 Å². The van der Waals surface area contributed by atoms with Crippen LogP contribution in [0.15, 0.2) is 18.2 Å². The molecule has 0 unspecified atom stereocenters. The van der Waals surface area contributed by atoms with E-state index in [-0.39, 0.29) is 17.4 Å². The minimum absolute atomic E-state index is 0.266. The Morgan fingerprint density at radius 3 is 2.61 bits per heavy atom. The zero-order chi connectivity index (χ0) is 13.5. The van der Waals surface area contributed by atoms with Gasteiger partial charge in [0.1, 0.15) is 5.75 Å². The lowest BCUT2D eigenvalue weighted by Crippen LogP contribution is -2.30. The number of carbonyl (C=O) groups excluding carboxylic acids is 1. The van der Waals surface area contributed by atoms with Crippen molar-refractivity contribution in [3.8, 4) is 5.75 Å². The van der Waals surface area contributed by atoms with Gasteiger partial charge < -0.3 is 9.84 Å². The van der Waals surface area contributed by atoms with Gasteiger partial charge in [0, 0.05) is 5.02 Å². The lowest BCUT2D eigenvalue weighted by atomic mass is 10.3. The second-order valence-electron chi connectivity index (χ2n) is 3.07. The molecule has 8 heteroatoms. The Balaban J connectivity index is 2.36. The van der Waals surface area contributed by atoms with Gasteiger partial charge in [-0.15, -0.1) is 0 Å². The van der Waals surface area contributed by atoms with E-state index in [1.54, 1.807) is 6.07 Å². The molecule has 0 bridgehead atoms. The Labute approximate surface area is 112 Å². The quantitative estimate of drug-likeness (QED) is 0.777. The van der Waals surface area contributed by atoms with Crippen LogP contribution in [0.1, 0.15) is 0 Å². The number of hydrogen-bond acceptors (Lipinski definition) is 4. The topological polar surface area (TPSA) is 84.9 Å². The fourth-order valence-electron chi connectivity index (χ4n) is 0.943. The molecule has 1 amide bonds. The summed E-state index contributed by atoms with van der Waals surface area (Å²) in [6, 6.07) is 4.54. The zero-order valence-electron chi connectivity index (χ0n) is 8.98. The van der Waals surface area contributed by atoms with Gasteiger partial charge in [-0.3, -0.25) is 9.63 Å². The van der Waals surface area contributed by atoms with E-state index in [0.29, 0.717) is 5.02 Å². The summed E-state index contributed by atoms with van der Waals surface area (Å²) in [7, 11) is 0. The number of carboxylic acids is 1. The van der Waals surface area contributed by atoms with Gasteiger partial charge in [0.05, 0.1) is 5.02 Å². The van der Waals surface area contributed by atoms with Crippen LogP contribution >= 0.6 is 23.2 Å². The fraction of sp³-hybridized carbons (Fsp3) is 0.200. The summed E-state index contributed by atoms with van der Waals surface area (Å²) in [6.45, 7) is -0.992. The van der Waals surface area contributed by atoms with Crippen LogP contribution in [-0.2, 0) is 14.4 Å². The highest BCUT2D eigenvalue weighted by atomic mass is 35.5. The third-order valence-electron chi connectivity index (χ3n) is 1.63. The molecule has 0 spiro atoms. The van der Waals surface area contributed by atoms with Gasteiger partial charge in [-0.05, 0) is 18.2 Å². The third kappa shape index (κ3) is 5.22. The van der Waals surface area contributed by atoms with E-state index in [9.17, 15) is 9.59 Å². The maximum atomic E-state index is 11.2. The molecule has 0 saturated heterocycles. The number of hydroxylamine groups is 1. The number of hydrogen-bond donors (Lipinski definition) is 2. The van der Waals surface area contributed by atoms with E-state index in [0.717, 1.165) is 0 Å². The molecule has 1 aromatic rings. The first-order valence-corrected chi connectivity index (χ1v) is 5.45. The van der Waals surface area contributed by atoms with Crippen LogP contribution in [-0.4, -0.2) is 30.2 Å². The van der Waals surface area contributed by atoms with Crippen molar-refractivity contribution in [1.82, 2.24) is 5.48 Å². The van der Waals surface area contributed by atoms with Crippen LogP contribution in [0.4, 0.5) is 0 Å². The summed E-state index contributed by atoms with van der Waals surface area (Å²) in [4.78, 5) is 25.6. The maximum Gasteiger partial charge on any atom is 0.332 e.